The molecule has 2 rings (SSSR count). The molecule has 23 heavy (non-hydrogen) atoms. The van der Waals surface area contributed by atoms with Crippen LogP contribution < -0.4 is 10.6 Å². The monoisotopic (exact) mass is 334 g/mol. The number of aryl methyl sites for hydroxylation is 1. The van der Waals surface area contributed by atoms with Crippen LogP contribution >= 0.6 is 11.6 Å². The predicted octanol–water partition coefficient (Wildman–Crippen LogP) is 2.63. The highest BCUT2D eigenvalue weighted by molar-refractivity contribution is 6.30. The van der Waals surface area contributed by atoms with E-state index in [2.05, 4.69) is 20.6 Å². The first-order chi connectivity index (χ1) is 11.1. The third-order valence-corrected chi connectivity index (χ3v) is 3.43. The Morgan fingerprint density at radius 1 is 1.30 bits per heavy atom. The molecule has 0 aliphatic rings. The van der Waals surface area contributed by atoms with Gasteiger partial charge >= 0.3 is 6.03 Å². The molecule has 7 heteroatoms. The van der Waals surface area contributed by atoms with Gasteiger partial charge in [0.1, 0.15) is 5.82 Å². The maximum absolute atomic E-state index is 12.1. The fourth-order valence-electron chi connectivity index (χ4n) is 2.07. The average molecular weight is 335 g/mol. The molecule has 0 radical (unpaired) electrons. The number of urea groups is 1. The minimum absolute atomic E-state index is 0.260. The highest BCUT2D eigenvalue weighted by Crippen LogP contribution is 2.16. The third kappa shape index (κ3) is 5.50. The Labute approximate surface area is 140 Å². The number of carbonyl (C=O) groups excluding carboxylic acids is 1. The minimum Gasteiger partial charge on any atom is -0.382 e. The second-order valence-corrected chi connectivity index (χ2v) is 5.42. The fraction of sp³-hybridized carbons (Fsp3) is 0.312. The number of hydrogen-bond acceptors (Lipinski definition) is 4. The quantitative estimate of drug-likeness (QED) is 0.851. The number of halogens is 1. The van der Waals surface area contributed by atoms with Crippen molar-refractivity contribution >= 4 is 17.6 Å². The van der Waals surface area contributed by atoms with Crippen molar-refractivity contribution in [1.82, 2.24) is 20.6 Å². The number of hydrogen-bond donors (Lipinski definition) is 2. The van der Waals surface area contributed by atoms with Gasteiger partial charge in [0.05, 0.1) is 24.9 Å². The van der Waals surface area contributed by atoms with Gasteiger partial charge in [-0.3, -0.25) is 0 Å². The van der Waals surface area contributed by atoms with Crippen LogP contribution in [-0.2, 0) is 11.3 Å². The van der Waals surface area contributed by atoms with E-state index in [1.807, 2.05) is 12.1 Å². The molecule has 2 aromatic rings. The number of aromatic nitrogens is 2. The molecule has 0 aliphatic heterocycles. The molecule has 1 atom stereocenters. The van der Waals surface area contributed by atoms with Crippen molar-refractivity contribution in [2.45, 2.75) is 19.5 Å². The molecule has 2 amide bonds. The summed E-state index contributed by atoms with van der Waals surface area (Å²) in [6.07, 6.45) is 1.67. The van der Waals surface area contributed by atoms with E-state index in [0.717, 1.165) is 11.3 Å². The van der Waals surface area contributed by atoms with Crippen molar-refractivity contribution in [3.8, 4) is 0 Å². The van der Waals surface area contributed by atoms with Crippen LogP contribution in [0.2, 0.25) is 5.02 Å². The molecular formula is C16H19ClN4O2. The average Bonchev–Trinajstić information content (AvgIpc) is 2.53. The van der Waals surface area contributed by atoms with Gasteiger partial charge in [-0.25, -0.2) is 14.8 Å². The molecule has 0 fully saturated rings. The highest BCUT2D eigenvalue weighted by Gasteiger charge is 2.14. The molecule has 122 valence electrons. The number of benzene rings is 1. The van der Waals surface area contributed by atoms with Crippen LogP contribution in [0.4, 0.5) is 4.79 Å². The molecule has 0 bridgehead atoms. The van der Waals surface area contributed by atoms with Crippen LogP contribution in [0.3, 0.4) is 0 Å². The zero-order valence-corrected chi connectivity index (χ0v) is 13.8. The molecule has 0 aliphatic carbocycles. The summed E-state index contributed by atoms with van der Waals surface area (Å²) in [5.74, 6) is 0.670. The molecule has 2 N–H and O–H groups in total. The van der Waals surface area contributed by atoms with Crippen LogP contribution in [0.1, 0.15) is 23.1 Å². The topological polar surface area (TPSA) is 76.1 Å². The maximum Gasteiger partial charge on any atom is 0.315 e. The number of carbonyl (C=O) groups is 1. The normalized spacial score (nSPS) is 11.8. The van der Waals surface area contributed by atoms with Crippen LogP contribution in [0.5, 0.6) is 0 Å². The van der Waals surface area contributed by atoms with Gasteiger partial charge < -0.3 is 15.4 Å². The summed E-state index contributed by atoms with van der Waals surface area (Å²) in [5.41, 5.74) is 1.67. The Morgan fingerprint density at radius 2 is 2.04 bits per heavy atom. The number of amides is 2. The van der Waals surface area contributed by atoms with E-state index in [4.69, 9.17) is 16.3 Å². The fourth-order valence-corrected chi connectivity index (χ4v) is 2.19. The van der Waals surface area contributed by atoms with E-state index in [-0.39, 0.29) is 12.1 Å². The molecular weight excluding hydrogens is 316 g/mol. The number of ether oxygens (including phenoxy) is 1. The summed E-state index contributed by atoms with van der Waals surface area (Å²) >= 11 is 5.89. The summed E-state index contributed by atoms with van der Waals surface area (Å²) in [5, 5.41) is 6.30. The molecule has 0 saturated carbocycles. The lowest BCUT2D eigenvalue weighted by atomic mass is 10.1. The smallest absolute Gasteiger partial charge is 0.315 e. The molecule has 1 heterocycles. The summed E-state index contributed by atoms with van der Waals surface area (Å²) in [6.45, 7) is 2.50. The van der Waals surface area contributed by atoms with Crippen molar-refractivity contribution in [2.24, 2.45) is 0 Å². The Bertz CT molecular complexity index is 649. The number of nitrogens with one attached hydrogen (secondary N) is 2. The van der Waals surface area contributed by atoms with E-state index in [1.54, 1.807) is 38.4 Å². The summed E-state index contributed by atoms with van der Waals surface area (Å²) in [7, 11) is 1.59. The standard InChI is InChI=1S/C16H19ClN4O2/c1-11-18-8-7-14(20-11)9-19-16(22)21-15(10-23-2)12-3-5-13(17)6-4-12/h3-8,15H,9-10H2,1-2H3,(H2,19,21,22). The lowest BCUT2D eigenvalue weighted by Gasteiger charge is -2.19. The van der Waals surface area contributed by atoms with Crippen molar-refractivity contribution in [3.05, 3.63) is 58.6 Å². The second kappa shape index (κ2) is 8.45. The van der Waals surface area contributed by atoms with E-state index in [9.17, 15) is 4.79 Å². The maximum atomic E-state index is 12.1. The summed E-state index contributed by atoms with van der Waals surface area (Å²) in [4.78, 5) is 20.3. The van der Waals surface area contributed by atoms with Gasteiger partial charge in [-0.1, -0.05) is 23.7 Å². The lowest BCUT2D eigenvalue weighted by molar-refractivity contribution is 0.166. The molecule has 1 aromatic heterocycles. The van der Waals surface area contributed by atoms with Crippen molar-refractivity contribution in [2.75, 3.05) is 13.7 Å². The van der Waals surface area contributed by atoms with E-state index in [0.29, 0.717) is 24.0 Å². The highest BCUT2D eigenvalue weighted by atomic mass is 35.5. The zero-order valence-electron chi connectivity index (χ0n) is 13.0. The third-order valence-electron chi connectivity index (χ3n) is 3.17. The van der Waals surface area contributed by atoms with E-state index in [1.165, 1.54) is 0 Å². The minimum atomic E-state index is -0.293. The van der Waals surface area contributed by atoms with Crippen molar-refractivity contribution in [3.63, 3.8) is 0 Å². The van der Waals surface area contributed by atoms with Gasteiger partial charge in [0.2, 0.25) is 0 Å². The number of nitrogens with zero attached hydrogens (tertiary/aromatic N) is 2. The van der Waals surface area contributed by atoms with Crippen molar-refractivity contribution in [1.29, 1.82) is 0 Å². The molecule has 0 saturated heterocycles. The Kier molecular flexibility index (Phi) is 6.31. The first-order valence-electron chi connectivity index (χ1n) is 7.16. The zero-order chi connectivity index (χ0) is 16.7. The van der Waals surface area contributed by atoms with Crippen molar-refractivity contribution < 1.29 is 9.53 Å². The summed E-state index contributed by atoms with van der Waals surface area (Å²) in [6, 6.07) is 8.49. The van der Waals surface area contributed by atoms with Crippen LogP contribution in [0, 0.1) is 6.92 Å². The summed E-state index contributed by atoms with van der Waals surface area (Å²) < 4.78 is 5.17. The van der Waals surface area contributed by atoms with E-state index < -0.39 is 0 Å². The van der Waals surface area contributed by atoms with Gasteiger partial charge in [-0.15, -0.1) is 0 Å². The van der Waals surface area contributed by atoms with Gasteiger partial charge in [0.25, 0.3) is 0 Å². The largest absolute Gasteiger partial charge is 0.382 e. The van der Waals surface area contributed by atoms with Gasteiger partial charge in [0, 0.05) is 18.3 Å². The number of rotatable bonds is 6. The molecule has 0 spiro atoms. The Morgan fingerprint density at radius 3 is 2.70 bits per heavy atom. The number of methoxy groups -OCH3 is 1. The van der Waals surface area contributed by atoms with Crippen LogP contribution in [0.15, 0.2) is 36.5 Å². The molecule has 1 unspecified atom stereocenters. The molecule has 6 nitrogen and oxygen atoms in total. The first-order valence-corrected chi connectivity index (χ1v) is 7.53. The van der Waals surface area contributed by atoms with Gasteiger partial charge in [-0.05, 0) is 30.7 Å². The first kappa shape index (κ1) is 17.2. The van der Waals surface area contributed by atoms with Gasteiger partial charge in [0.15, 0.2) is 0 Å². The van der Waals surface area contributed by atoms with E-state index >= 15 is 0 Å². The Hall–Kier alpha value is -2.18. The lowest BCUT2D eigenvalue weighted by Crippen LogP contribution is -2.39. The SMILES string of the molecule is COCC(NC(=O)NCc1ccnc(C)n1)c1ccc(Cl)cc1. The predicted molar refractivity (Wildman–Crippen MR) is 88.2 cm³/mol. The van der Waals surface area contributed by atoms with Gasteiger partial charge in [-0.2, -0.15) is 0 Å². The van der Waals surface area contributed by atoms with Crippen LogP contribution in [-0.4, -0.2) is 29.7 Å². The van der Waals surface area contributed by atoms with Crippen LogP contribution in [0.25, 0.3) is 0 Å². The molecule has 1 aromatic carbocycles. The second-order valence-electron chi connectivity index (χ2n) is 4.98. The Balaban J connectivity index is 1.93.